The minimum atomic E-state index is 0.210. The molecule has 0 bridgehead atoms. The van der Waals surface area contributed by atoms with Crippen LogP contribution in [0.3, 0.4) is 0 Å². The van der Waals surface area contributed by atoms with E-state index >= 15 is 0 Å². The van der Waals surface area contributed by atoms with Crippen LogP contribution in [0.5, 0.6) is 0 Å². The summed E-state index contributed by atoms with van der Waals surface area (Å²) in [6.45, 7) is 11.6. The highest BCUT2D eigenvalue weighted by molar-refractivity contribution is 5.61. The Hall–Kier alpha value is -0.980. The fraction of sp³-hybridized carbons (Fsp3) is 0.600. The third kappa shape index (κ3) is 1.83. The Morgan fingerprint density at radius 2 is 1.81 bits per heavy atom. The van der Waals surface area contributed by atoms with E-state index in [0.717, 1.165) is 0 Å². The highest BCUT2D eigenvalue weighted by Crippen LogP contribution is 2.39. The predicted molar refractivity (Wildman–Crippen MR) is 71.0 cm³/mol. The van der Waals surface area contributed by atoms with E-state index < -0.39 is 0 Å². The van der Waals surface area contributed by atoms with Crippen molar-refractivity contribution < 1.29 is 0 Å². The molecule has 0 radical (unpaired) electrons. The van der Waals surface area contributed by atoms with Gasteiger partial charge < -0.3 is 4.90 Å². The van der Waals surface area contributed by atoms with Crippen molar-refractivity contribution in [1.82, 2.24) is 0 Å². The minimum Gasteiger partial charge on any atom is -0.363 e. The minimum absolute atomic E-state index is 0.210. The van der Waals surface area contributed by atoms with Crippen LogP contribution in [0.4, 0.5) is 5.69 Å². The van der Waals surface area contributed by atoms with Gasteiger partial charge in [0.15, 0.2) is 0 Å². The van der Waals surface area contributed by atoms with Crippen molar-refractivity contribution in [3.05, 3.63) is 29.8 Å². The number of fused-ring (bicyclic) bond motifs is 1. The molecule has 1 heterocycles. The summed E-state index contributed by atoms with van der Waals surface area (Å²) in [4.78, 5) is 2.60. The van der Waals surface area contributed by atoms with Crippen LogP contribution in [0.1, 0.15) is 40.2 Å². The summed E-state index contributed by atoms with van der Waals surface area (Å²) in [7, 11) is 0. The van der Waals surface area contributed by atoms with E-state index in [9.17, 15) is 0 Å². The van der Waals surface area contributed by atoms with Crippen LogP contribution in [-0.2, 0) is 6.42 Å². The maximum absolute atomic E-state index is 2.60. The average molecular weight is 217 g/mol. The lowest BCUT2D eigenvalue weighted by molar-refractivity contribution is 0.386. The number of nitrogens with zero attached hydrogens (tertiary/aromatic N) is 1. The molecule has 1 unspecified atom stereocenters. The molecule has 0 fully saturated rings. The molecule has 0 aromatic heterocycles. The molecular formula is C15H23N. The summed E-state index contributed by atoms with van der Waals surface area (Å²) in [5.41, 5.74) is 3.16. The molecule has 1 aromatic carbocycles. The van der Waals surface area contributed by atoms with Crippen molar-refractivity contribution in [2.45, 2.75) is 52.6 Å². The Labute approximate surface area is 99.5 Å². The van der Waals surface area contributed by atoms with Gasteiger partial charge in [-0.05, 0) is 44.7 Å². The van der Waals surface area contributed by atoms with Gasteiger partial charge in [-0.1, -0.05) is 32.0 Å². The number of benzene rings is 1. The van der Waals surface area contributed by atoms with Gasteiger partial charge in [0, 0.05) is 17.3 Å². The molecular weight excluding hydrogens is 194 g/mol. The summed E-state index contributed by atoms with van der Waals surface area (Å²) in [6.07, 6.45) is 1.20. The number of rotatable bonds is 1. The summed E-state index contributed by atoms with van der Waals surface area (Å²) >= 11 is 0. The van der Waals surface area contributed by atoms with Gasteiger partial charge in [0.25, 0.3) is 0 Å². The molecule has 0 aliphatic carbocycles. The Balaban J connectivity index is 2.44. The quantitative estimate of drug-likeness (QED) is 0.690. The molecule has 1 aromatic rings. The maximum atomic E-state index is 2.60. The van der Waals surface area contributed by atoms with E-state index in [-0.39, 0.29) is 5.54 Å². The van der Waals surface area contributed by atoms with Crippen LogP contribution in [0, 0.1) is 5.92 Å². The standard InChI is InChI=1S/C15H23N/c1-11(2)14-10-12-8-6-7-9-13(12)16(14)15(3,4)5/h6-9,11,14H,10H2,1-5H3. The van der Waals surface area contributed by atoms with Gasteiger partial charge in [-0.3, -0.25) is 0 Å². The normalized spacial score (nSPS) is 20.4. The molecule has 1 aliphatic heterocycles. The lowest BCUT2D eigenvalue weighted by atomic mass is 9.96. The third-order valence-electron chi connectivity index (χ3n) is 3.50. The average Bonchev–Trinajstić information content (AvgIpc) is 2.55. The van der Waals surface area contributed by atoms with Gasteiger partial charge in [0.2, 0.25) is 0 Å². The first kappa shape index (κ1) is 11.5. The van der Waals surface area contributed by atoms with E-state index in [0.29, 0.717) is 12.0 Å². The molecule has 0 saturated carbocycles. The SMILES string of the molecule is CC(C)C1Cc2ccccc2N1C(C)(C)C. The second kappa shape index (κ2) is 3.80. The van der Waals surface area contributed by atoms with E-state index in [4.69, 9.17) is 0 Å². The smallest absolute Gasteiger partial charge is 0.0406 e. The van der Waals surface area contributed by atoms with Crippen LogP contribution >= 0.6 is 0 Å². The first-order valence-corrected chi connectivity index (χ1v) is 6.28. The predicted octanol–water partition coefficient (Wildman–Crippen LogP) is 3.87. The Morgan fingerprint density at radius 3 is 2.38 bits per heavy atom. The summed E-state index contributed by atoms with van der Waals surface area (Å²) in [6, 6.07) is 9.50. The molecule has 0 amide bonds. The first-order chi connectivity index (χ1) is 7.41. The van der Waals surface area contributed by atoms with E-state index in [2.05, 4.69) is 63.8 Å². The van der Waals surface area contributed by atoms with Crippen LogP contribution in [0.25, 0.3) is 0 Å². The first-order valence-electron chi connectivity index (χ1n) is 6.28. The topological polar surface area (TPSA) is 3.24 Å². The van der Waals surface area contributed by atoms with Gasteiger partial charge in [0.1, 0.15) is 0 Å². The Morgan fingerprint density at radius 1 is 1.19 bits per heavy atom. The summed E-state index contributed by atoms with van der Waals surface area (Å²) in [5.74, 6) is 0.701. The van der Waals surface area contributed by atoms with Crippen LogP contribution in [0.15, 0.2) is 24.3 Å². The number of hydrogen-bond acceptors (Lipinski definition) is 1. The van der Waals surface area contributed by atoms with Crippen molar-refractivity contribution in [1.29, 1.82) is 0 Å². The number of anilines is 1. The van der Waals surface area contributed by atoms with Crippen molar-refractivity contribution in [2.75, 3.05) is 4.90 Å². The molecule has 0 spiro atoms. The zero-order valence-electron chi connectivity index (χ0n) is 11.1. The molecule has 1 aliphatic rings. The fourth-order valence-corrected chi connectivity index (χ4v) is 2.81. The summed E-state index contributed by atoms with van der Waals surface area (Å²) < 4.78 is 0. The zero-order valence-corrected chi connectivity index (χ0v) is 11.1. The Kier molecular flexibility index (Phi) is 2.73. The molecule has 1 heteroatoms. The van der Waals surface area contributed by atoms with Gasteiger partial charge in [-0.2, -0.15) is 0 Å². The molecule has 0 saturated heterocycles. The van der Waals surface area contributed by atoms with Crippen molar-refractivity contribution in [2.24, 2.45) is 5.92 Å². The molecule has 88 valence electrons. The lowest BCUT2D eigenvalue weighted by Gasteiger charge is -2.41. The van der Waals surface area contributed by atoms with Crippen molar-refractivity contribution in [3.63, 3.8) is 0 Å². The maximum Gasteiger partial charge on any atom is 0.0406 e. The molecule has 1 nitrogen and oxygen atoms in total. The van der Waals surface area contributed by atoms with E-state index in [1.54, 1.807) is 0 Å². The van der Waals surface area contributed by atoms with E-state index in [1.165, 1.54) is 17.7 Å². The molecule has 0 N–H and O–H groups in total. The van der Waals surface area contributed by atoms with Crippen LogP contribution in [0.2, 0.25) is 0 Å². The van der Waals surface area contributed by atoms with Gasteiger partial charge in [0.05, 0.1) is 0 Å². The molecule has 16 heavy (non-hydrogen) atoms. The van der Waals surface area contributed by atoms with E-state index in [1.807, 2.05) is 0 Å². The highest BCUT2D eigenvalue weighted by Gasteiger charge is 2.37. The Bertz CT molecular complexity index is 373. The fourth-order valence-electron chi connectivity index (χ4n) is 2.81. The van der Waals surface area contributed by atoms with Crippen molar-refractivity contribution in [3.8, 4) is 0 Å². The number of para-hydroxylation sites is 1. The second-order valence-electron chi connectivity index (χ2n) is 6.19. The second-order valence-corrected chi connectivity index (χ2v) is 6.19. The number of hydrogen-bond donors (Lipinski definition) is 0. The highest BCUT2D eigenvalue weighted by atomic mass is 15.2. The van der Waals surface area contributed by atoms with Gasteiger partial charge in [-0.25, -0.2) is 0 Å². The summed E-state index contributed by atoms with van der Waals surface area (Å²) in [5, 5.41) is 0. The van der Waals surface area contributed by atoms with Crippen LogP contribution < -0.4 is 4.90 Å². The third-order valence-corrected chi connectivity index (χ3v) is 3.50. The zero-order chi connectivity index (χ0) is 11.9. The largest absolute Gasteiger partial charge is 0.363 e. The van der Waals surface area contributed by atoms with Crippen molar-refractivity contribution >= 4 is 5.69 Å². The monoisotopic (exact) mass is 217 g/mol. The molecule has 2 rings (SSSR count). The van der Waals surface area contributed by atoms with Gasteiger partial charge >= 0.3 is 0 Å². The molecule has 1 atom stereocenters. The van der Waals surface area contributed by atoms with Gasteiger partial charge in [-0.15, -0.1) is 0 Å². The lowest BCUT2D eigenvalue weighted by Crippen LogP contribution is -2.48. The van der Waals surface area contributed by atoms with Crippen LogP contribution in [-0.4, -0.2) is 11.6 Å².